The Morgan fingerprint density at radius 3 is 2.69 bits per heavy atom. The summed E-state index contributed by atoms with van der Waals surface area (Å²) in [5, 5.41) is 17.2. The molecule has 3 heterocycles. The highest BCUT2D eigenvalue weighted by Crippen LogP contribution is 2.47. The molecule has 36 heavy (non-hydrogen) atoms. The predicted molar refractivity (Wildman–Crippen MR) is 129 cm³/mol. The van der Waals surface area contributed by atoms with E-state index in [-0.39, 0.29) is 23.2 Å². The van der Waals surface area contributed by atoms with Crippen molar-refractivity contribution in [3.8, 4) is 34.7 Å². The van der Waals surface area contributed by atoms with E-state index in [0.29, 0.717) is 34.9 Å². The van der Waals surface area contributed by atoms with Crippen molar-refractivity contribution < 1.29 is 23.3 Å². The van der Waals surface area contributed by atoms with E-state index >= 15 is 0 Å². The van der Waals surface area contributed by atoms with Gasteiger partial charge in [0.1, 0.15) is 24.1 Å². The third kappa shape index (κ3) is 4.58. The number of aromatic amines is 1. The van der Waals surface area contributed by atoms with Crippen LogP contribution < -0.4 is 19.9 Å². The first-order valence-corrected chi connectivity index (χ1v) is 11.6. The summed E-state index contributed by atoms with van der Waals surface area (Å²) in [6.45, 7) is 4.53. The number of H-pyrrole nitrogens is 1. The number of nitrogens with zero attached hydrogens (tertiary/aromatic N) is 3. The van der Waals surface area contributed by atoms with Crippen molar-refractivity contribution in [3.05, 3.63) is 70.9 Å². The van der Waals surface area contributed by atoms with Crippen LogP contribution in [0.2, 0.25) is 0 Å². The number of benzene rings is 2. The van der Waals surface area contributed by atoms with Crippen LogP contribution in [0.5, 0.6) is 17.4 Å². The molecule has 0 spiro atoms. The molecule has 2 aromatic carbocycles. The highest BCUT2D eigenvalue weighted by atomic mass is 19.1. The molecular weight excluding hydrogens is 465 g/mol. The van der Waals surface area contributed by atoms with Crippen LogP contribution in [0.4, 0.5) is 4.39 Å². The first-order valence-electron chi connectivity index (χ1n) is 11.6. The monoisotopic (exact) mass is 491 g/mol. The fourth-order valence-electron chi connectivity index (χ4n) is 4.51. The van der Waals surface area contributed by atoms with Crippen LogP contribution in [0.1, 0.15) is 17.0 Å². The van der Waals surface area contributed by atoms with Gasteiger partial charge in [0.15, 0.2) is 11.5 Å². The summed E-state index contributed by atoms with van der Waals surface area (Å²) >= 11 is 0. The second-order valence-electron chi connectivity index (χ2n) is 8.46. The molecule has 0 saturated carbocycles. The van der Waals surface area contributed by atoms with Gasteiger partial charge < -0.3 is 24.7 Å². The Morgan fingerprint density at radius 2 is 1.97 bits per heavy atom. The molecule has 0 unspecified atom stereocenters. The topological polar surface area (TPSA) is 119 Å². The van der Waals surface area contributed by atoms with E-state index in [9.17, 15) is 9.65 Å². The van der Waals surface area contributed by atoms with Crippen molar-refractivity contribution in [2.45, 2.75) is 5.92 Å². The Balaban J connectivity index is 1.47. The number of nitrogens with two attached hydrogens (primary N) is 1. The van der Waals surface area contributed by atoms with Crippen LogP contribution in [0, 0.1) is 17.1 Å². The Hall–Kier alpha value is -4.07. The Kier molecular flexibility index (Phi) is 6.75. The van der Waals surface area contributed by atoms with Crippen LogP contribution in [0.3, 0.4) is 0 Å². The predicted octanol–water partition coefficient (Wildman–Crippen LogP) is 3.15. The quantitative estimate of drug-likeness (QED) is 0.518. The van der Waals surface area contributed by atoms with Gasteiger partial charge in [0.05, 0.1) is 37.5 Å². The Labute approximate surface area is 207 Å². The molecule has 0 aliphatic carbocycles. The average molecular weight is 492 g/mol. The molecule has 1 aromatic heterocycles. The Bertz CT molecular complexity index is 1310. The number of fused-ring (bicyclic) bond motifs is 1. The molecule has 0 bridgehead atoms. The maximum atomic E-state index is 13.5. The van der Waals surface area contributed by atoms with Crippen LogP contribution in [0.25, 0.3) is 11.3 Å². The number of hydrogen-bond acceptors (Lipinski definition) is 8. The van der Waals surface area contributed by atoms with Gasteiger partial charge in [0, 0.05) is 25.2 Å². The molecule has 1 saturated heterocycles. The molecule has 3 aromatic rings. The standard InChI is InChI=1S/C26H26FN5O4/c1-33-21-14-17(4-7-20(21)35-13-10-32-8-11-34-12-9-32)22-19(15-28)25(29)36-26-23(22)24(30-31-26)16-2-5-18(27)6-3-16/h2-7,14,22H,8-13,29H2,1H3,(H,30,31)/t22-/m1/s1. The lowest BCUT2D eigenvalue weighted by atomic mass is 9.83. The van der Waals surface area contributed by atoms with E-state index in [4.69, 9.17) is 24.7 Å². The minimum atomic E-state index is -0.575. The zero-order valence-electron chi connectivity index (χ0n) is 19.8. The number of ether oxygens (including phenoxy) is 4. The van der Waals surface area contributed by atoms with E-state index in [1.807, 2.05) is 18.2 Å². The third-order valence-corrected chi connectivity index (χ3v) is 6.36. The number of hydrogen-bond donors (Lipinski definition) is 2. The van der Waals surface area contributed by atoms with Crippen molar-refractivity contribution in [1.82, 2.24) is 15.1 Å². The highest BCUT2D eigenvalue weighted by Gasteiger charge is 2.36. The molecule has 9 nitrogen and oxygen atoms in total. The number of aromatic nitrogens is 2. The SMILES string of the molecule is COc1cc([C@@H]2C(C#N)=C(N)Oc3n[nH]c(-c4ccc(F)cc4)c32)ccc1OCCN1CCOCC1. The van der Waals surface area contributed by atoms with Crippen molar-refractivity contribution >= 4 is 0 Å². The van der Waals surface area contributed by atoms with Crippen LogP contribution in [-0.4, -0.2) is 61.7 Å². The van der Waals surface area contributed by atoms with Crippen LogP contribution >= 0.6 is 0 Å². The van der Waals surface area contributed by atoms with Crippen molar-refractivity contribution in [3.63, 3.8) is 0 Å². The summed E-state index contributed by atoms with van der Waals surface area (Å²) in [7, 11) is 1.57. The summed E-state index contributed by atoms with van der Waals surface area (Å²) in [6, 6.07) is 13.7. The summed E-state index contributed by atoms with van der Waals surface area (Å²) in [5.74, 6) is 0.454. The molecule has 0 radical (unpaired) electrons. The highest BCUT2D eigenvalue weighted by molar-refractivity contribution is 5.71. The third-order valence-electron chi connectivity index (χ3n) is 6.36. The number of nitriles is 1. The summed E-state index contributed by atoms with van der Waals surface area (Å²) in [6.07, 6.45) is 0. The lowest BCUT2D eigenvalue weighted by Gasteiger charge is -2.27. The molecule has 10 heteroatoms. The minimum absolute atomic E-state index is 0.0167. The lowest BCUT2D eigenvalue weighted by Crippen LogP contribution is -2.38. The molecule has 0 amide bonds. The number of allylic oxidation sites excluding steroid dienone is 1. The molecular formula is C26H26FN5O4. The van der Waals surface area contributed by atoms with Gasteiger partial charge in [-0.15, -0.1) is 5.10 Å². The maximum Gasteiger partial charge on any atom is 0.244 e. The van der Waals surface area contributed by atoms with Crippen LogP contribution in [-0.2, 0) is 4.74 Å². The fraction of sp³-hybridized carbons (Fsp3) is 0.308. The number of methoxy groups -OCH3 is 1. The number of rotatable bonds is 7. The first-order chi connectivity index (χ1) is 17.6. The molecule has 2 aliphatic heterocycles. The zero-order valence-corrected chi connectivity index (χ0v) is 19.8. The normalized spacial score (nSPS) is 17.8. The van der Waals surface area contributed by atoms with Gasteiger partial charge in [0.25, 0.3) is 0 Å². The second-order valence-corrected chi connectivity index (χ2v) is 8.46. The second kappa shape index (κ2) is 10.3. The van der Waals surface area contributed by atoms with Gasteiger partial charge in [-0.1, -0.05) is 6.07 Å². The van der Waals surface area contributed by atoms with Gasteiger partial charge in [0.2, 0.25) is 11.8 Å². The van der Waals surface area contributed by atoms with Gasteiger partial charge >= 0.3 is 0 Å². The molecule has 2 aliphatic rings. The molecule has 3 N–H and O–H groups in total. The van der Waals surface area contributed by atoms with E-state index in [0.717, 1.165) is 38.4 Å². The van der Waals surface area contributed by atoms with E-state index in [1.165, 1.54) is 12.1 Å². The van der Waals surface area contributed by atoms with E-state index < -0.39 is 5.92 Å². The molecule has 1 atom stereocenters. The van der Waals surface area contributed by atoms with Gasteiger partial charge in [-0.3, -0.25) is 10.00 Å². The maximum absolute atomic E-state index is 13.5. The zero-order chi connectivity index (χ0) is 25.1. The number of morpholine rings is 1. The van der Waals surface area contributed by atoms with Crippen LogP contribution in [0.15, 0.2) is 53.9 Å². The summed E-state index contributed by atoms with van der Waals surface area (Å²) < 4.78 is 36.2. The summed E-state index contributed by atoms with van der Waals surface area (Å²) in [5.41, 5.74) is 9.04. The largest absolute Gasteiger partial charge is 0.493 e. The molecule has 1 fully saturated rings. The van der Waals surface area contributed by atoms with Crippen molar-refractivity contribution in [1.29, 1.82) is 5.26 Å². The summed E-state index contributed by atoms with van der Waals surface area (Å²) in [4.78, 5) is 2.29. The number of nitrogens with one attached hydrogen (secondary N) is 1. The molecule has 186 valence electrons. The fourth-order valence-corrected chi connectivity index (χ4v) is 4.51. The average Bonchev–Trinajstić information content (AvgIpc) is 3.32. The van der Waals surface area contributed by atoms with Crippen molar-refractivity contribution in [2.75, 3.05) is 46.6 Å². The molecule has 5 rings (SSSR count). The smallest absolute Gasteiger partial charge is 0.244 e. The van der Waals surface area contributed by atoms with E-state index in [1.54, 1.807) is 19.2 Å². The Morgan fingerprint density at radius 1 is 1.19 bits per heavy atom. The minimum Gasteiger partial charge on any atom is -0.493 e. The van der Waals surface area contributed by atoms with Gasteiger partial charge in [-0.2, -0.15) is 5.26 Å². The van der Waals surface area contributed by atoms with Gasteiger partial charge in [-0.25, -0.2) is 4.39 Å². The first kappa shape index (κ1) is 23.7. The lowest BCUT2D eigenvalue weighted by molar-refractivity contribution is 0.0321. The van der Waals surface area contributed by atoms with Crippen molar-refractivity contribution in [2.24, 2.45) is 5.73 Å². The van der Waals surface area contributed by atoms with E-state index in [2.05, 4.69) is 21.2 Å². The van der Waals surface area contributed by atoms with Gasteiger partial charge in [-0.05, 0) is 42.0 Å². The number of halogens is 1.